The summed E-state index contributed by atoms with van der Waals surface area (Å²) in [7, 11) is 0. The summed E-state index contributed by atoms with van der Waals surface area (Å²) in [6.07, 6.45) is -2.78. The molecule has 0 radical (unpaired) electrons. The summed E-state index contributed by atoms with van der Waals surface area (Å²) < 4.78 is 38.6. The molecule has 0 aliphatic heterocycles. The van der Waals surface area contributed by atoms with E-state index in [-0.39, 0.29) is 11.3 Å². The van der Waals surface area contributed by atoms with Crippen LogP contribution in [0, 0.1) is 10.1 Å². The molecule has 1 heterocycles. The monoisotopic (exact) mass is 269 g/mol. The van der Waals surface area contributed by atoms with Crippen LogP contribution >= 0.6 is 0 Å². The Bertz CT molecular complexity index is 629. The molecule has 0 saturated carbocycles. The smallest absolute Gasteiger partial charge is 0.258 e. The standard InChI is InChI=1S/C11H6F3N3O2/c12-11(13,14)8-4-2-1-3-7(8)10-9(17(18)19)5-15-6-16-10/h1-6H. The van der Waals surface area contributed by atoms with E-state index in [2.05, 4.69) is 9.97 Å². The van der Waals surface area contributed by atoms with Crippen molar-refractivity contribution in [3.8, 4) is 11.3 Å². The van der Waals surface area contributed by atoms with Gasteiger partial charge in [-0.15, -0.1) is 0 Å². The zero-order chi connectivity index (χ0) is 14.0. The Morgan fingerprint density at radius 1 is 1.21 bits per heavy atom. The van der Waals surface area contributed by atoms with Crippen molar-refractivity contribution in [1.29, 1.82) is 0 Å². The van der Waals surface area contributed by atoms with Gasteiger partial charge in [-0.2, -0.15) is 13.2 Å². The van der Waals surface area contributed by atoms with Crippen molar-refractivity contribution >= 4 is 5.69 Å². The zero-order valence-electron chi connectivity index (χ0n) is 9.26. The van der Waals surface area contributed by atoms with Crippen molar-refractivity contribution in [2.24, 2.45) is 0 Å². The molecule has 0 atom stereocenters. The quantitative estimate of drug-likeness (QED) is 0.620. The number of alkyl halides is 3. The minimum atomic E-state index is -4.62. The molecule has 0 aliphatic rings. The van der Waals surface area contributed by atoms with E-state index in [4.69, 9.17) is 0 Å². The first kappa shape index (κ1) is 12.9. The highest BCUT2D eigenvalue weighted by Gasteiger charge is 2.35. The molecule has 98 valence electrons. The fraction of sp³-hybridized carbons (Fsp3) is 0.0909. The van der Waals surface area contributed by atoms with Crippen LogP contribution in [0.1, 0.15) is 5.56 Å². The van der Waals surface area contributed by atoms with Gasteiger partial charge in [0.15, 0.2) is 5.69 Å². The normalized spacial score (nSPS) is 11.3. The Kier molecular flexibility index (Phi) is 3.16. The second-order valence-corrected chi connectivity index (χ2v) is 3.56. The maximum absolute atomic E-state index is 12.9. The predicted molar refractivity (Wildman–Crippen MR) is 59.1 cm³/mol. The van der Waals surface area contributed by atoms with Crippen molar-refractivity contribution in [1.82, 2.24) is 9.97 Å². The average Bonchev–Trinajstić information content (AvgIpc) is 2.37. The van der Waals surface area contributed by atoms with Crippen LogP contribution in [-0.2, 0) is 6.18 Å². The van der Waals surface area contributed by atoms with E-state index in [0.29, 0.717) is 0 Å². The number of hydrogen-bond acceptors (Lipinski definition) is 4. The molecule has 8 heteroatoms. The maximum atomic E-state index is 12.9. The van der Waals surface area contributed by atoms with Crippen LogP contribution < -0.4 is 0 Å². The van der Waals surface area contributed by atoms with Crippen LogP contribution in [-0.4, -0.2) is 14.9 Å². The molecular weight excluding hydrogens is 263 g/mol. The van der Waals surface area contributed by atoms with E-state index >= 15 is 0 Å². The molecule has 1 aromatic heterocycles. The molecule has 2 rings (SSSR count). The van der Waals surface area contributed by atoms with Crippen molar-refractivity contribution in [2.45, 2.75) is 6.18 Å². The van der Waals surface area contributed by atoms with Gasteiger partial charge in [0.1, 0.15) is 12.5 Å². The fourth-order valence-electron chi connectivity index (χ4n) is 1.60. The lowest BCUT2D eigenvalue weighted by Gasteiger charge is -2.11. The number of aromatic nitrogens is 2. The largest absolute Gasteiger partial charge is 0.417 e. The van der Waals surface area contributed by atoms with E-state index < -0.39 is 22.4 Å². The predicted octanol–water partition coefficient (Wildman–Crippen LogP) is 3.07. The van der Waals surface area contributed by atoms with E-state index in [9.17, 15) is 23.3 Å². The number of hydrogen-bond donors (Lipinski definition) is 0. The highest BCUT2D eigenvalue weighted by molar-refractivity contribution is 5.72. The van der Waals surface area contributed by atoms with Crippen molar-refractivity contribution in [3.05, 3.63) is 52.5 Å². The number of halogens is 3. The number of benzene rings is 1. The summed E-state index contributed by atoms with van der Waals surface area (Å²) in [6, 6.07) is 4.55. The number of nitro groups is 1. The second kappa shape index (κ2) is 4.63. The van der Waals surface area contributed by atoms with Crippen LogP contribution in [0.15, 0.2) is 36.8 Å². The molecule has 2 aromatic rings. The van der Waals surface area contributed by atoms with E-state index in [1.165, 1.54) is 12.1 Å². The Morgan fingerprint density at radius 2 is 1.89 bits per heavy atom. The van der Waals surface area contributed by atoms with Gasteiger partial charge in [0.2, 0.25) is 0 Å². The molecule has 0 amide bonds. The van der Waals surface area contributed by atoms with Gasteiger partial charge in [0.05, 0.1) is 10.5 Å². The third-order valence-corrected chi connectivity index (χ3v) is 2.38. The van der Waals surface area contributed by atoms with Gasteiger partial charge < -0.3 is 0 Å². The van der Waals surface area contributed by atoms with Gasteiger partial charge >= 0.3 is 11.9 Å². The van der Waals surface area contributed by atoms with E-state index in [1.807, 2.05) is 0 Å². The Morgan fingerprint density at radius 3 is 2.53 bits per heavy atom. The average molecular weight is 269 g/mol. The number of nitrogens with zero attached hydrogens (tertiary/aromatic N) is 3. The van der Waals surface area contributed by atoms with Crippen molar-refractivity contribution < 1.29 is 18.1 Å². The molecule has 0 spiro atoms. The molecule has 0 N–H and O–H groups in total. The molecule has 0 fully saturated rings. The van der Waals surface area contributed by atoms with E-state index in [1.54, 1.807) is 0 Å². The number of rotatable bonds is 2. The van der Waals surface area contributed by atoms with Gasteiger partial charge in [0, 0.05) is 5.56 Å². The molecule has 19 heavy (non-hydrogen) atoms. The fourth-order valence-corrected chi connectivity index (χ4v) is 1.60. The van der Waals surface area contributed by atoms with Crippen LogP contribution in [0.4, 0.5) is 18.9 Å². The highest BCUT2D eigenvalue weighted by atomic mass is 19.4. The zero-order valence-corrected chi connectivity index (χ0v) is 9.26. The summed E-state index contributed by atoms with van der Waals surface area (Å²) in [5, 5.41) is 10.8. The summed E-state index contributed by atoms with van der Waals surface area (Å²) in [5.74, 6) is 0. The van der Waals surface area contributed by atoms with Crippen LogP contribution in [0.25, 0.3) is 11.3 Å². The van der Waals surface area contributed by atoms with Crippen LogP contribution in [0.2, 0.25) is 0 Å². The van der Waals surface area contributed by atoms with E-state index in [0.717, 1.165) is 24.7 Å². The van der Waals surface area contributed by atoms with Gasteiger partial charge in [-0.25, -0.2) is 9.97 Å². The molecule has 0 unspecified atom stereocenters. The first-order chi connectivity index (χ1) is 8.91. The summed E-state index contributed by atoms with van der Waals surface area (Å²) >= 11 is 0. The lowest BCUT2D eigenvalue weighted by atomic mass is 10.0. The first-order valence-electron chi connectivity index (χ1n) is 5.02. The summed E-state index contributed by atoms with van der Waals surface area (Å²) in [5.41, 5.74) is -2.24. The van der Waals surface area contributed by atoms with Crippen molar-refractivity contribution in [2.75, 3.05) is 0 Å². The van der Waals surface area contributed by atoms with Crippen LogP contribution in [0.3, 0.4) is 0 Å². The molecule has 0 bridgehead atoms. The van der Waals surface area contributed by atoms with Gasteiger partial charge in [-0.1, -0.05) is 18.2 Å². The minimum Gasteiger partial charge on any atom is -0.258 e. The van der Waals surface area contributed by atoms with Gasteiger partial charge in [-0.05, 0) is 6.07 Å². The third kappa shape index (κ3) is 2.51. The Balaban J connectivity index is 2.70. The maximum Gasteiger partial charge on any atom is 0.417 e. The van der Waals surface area contributed by atoms with Crippen molar-refractivity contribution in [3.63, 3.8) is 0 Å². The topological polar surface area (TPSA) is 68.9 Å². The second-order valence-electron chi connectivity index (χ2n) is 3.56. The lowest BCUT2D eigenvalue weighted by Crippen LogP contribution is -2.08. The van der Waals surface area contributed by atoms with Gasteiger partial charge in [0.25, 0.3) is 0 Å². The van der Waals surface area contributed by atoms with Crippen LogP contribution in [0.5, 0.6) is 0 Å². The molecule has 5 nitrogen and oxygen atoms in total. The highest BCUT2D eigenvalue weighted by Crippen LogP contribution is 2.38. The Hall–Kier alpha value is -2.51. The third-order valence-electron chi connectivity index (χ3n) is 2.38. The molecule has 0 aliphatic carbocycles. The first-order valence-corrected chi connectivity index (χ1v) is 5.02. The Labute approximate surface area is 104 Å². The summed E-state index contributed by atoms with van der Waals surface area (Å²) in [6.45, 7) is 0. The molecular formula is C11H6F3N3O2. The summed E-state index contributed by atoms with van der Waals surface area (Å²) in [4.78, 5) is 17.0. The molecule has 1 aromatic carbocycles. The minimum absolute atomic E-state index is 0.343. The SMILES string of the molecule is O=[N+]([O-])c1cncnc1-c1ccccc1C(F)(F)F. The van der Waals surface area contributed by atoms with Gasteiger partial charge in [-0.3, -0.25) is 10.1 Å². The molecule has 0 saturated heterocycles. The lowest BCUT2D eigenvalue weighted by molar-refractivity contribution is -0.384.